The molecule has 0 heterocycles. The lowest BCUT2D eigenvalue weighted by atomic mass is 10.2. The molecule has 26 heavy (non-hydrogen) atoms. The normalized spacial score (nSPS) is 13.7. The summed E-state index contributed by atoms with van der Waals surface area (Å²) in [5.74, 6) is 0.549. The Bertz CT molecular complexity index is 682. The fraction of sp³-hybridized carbons (Fsp3) is 0.350. The van der Waals surface area contributed by atoms with Gasteiger partial charge >= 0.3 is 6.09 Å². The van der Waals surface area contributed by atoms with Crippen LogP contribution in [0.15, 0.2) is 48.5 Å². The monoisotopic (exact) mass is 360 g/mol. The average molecular weight is 360 g/mol. The van der Waals surface area contributed by atoms with Crippen LogP contribution in [0, 0.1) is 5.82 Å². The number of carbonyl (C=O) groups is 1. The van der Waals surface area contributed by atoms with E-state index in [0.717, 1.165) is 12.3 Å². The highest BCUT2D eigenvalue weighted by Gasteiger charge is 2.13. The molecule has 2 aromatic carbocycles. The van der Waals surface area contributed by atoms with Gasteiger partial charge in [0.25, 0.3) is 0 Å². The summed E-state index contributed by atoms with van der Waals surface area (Å²) in [5.41, 5.74) is 5.86. The van der Waals surface area contributed by atoms with Crippen molar-refractivity contribution in [2.45, 2.75) is 44.9 Å². The van der Waals surface area contributed by atoms with Gasteiger partial charge < -0.3 is 20.9 Å². The topological polar surface area (TPSA) is 84.6 Å². The standard InChI is InChI=1S/C19H22FNO.CH3NO2/c20-19-8-4-1-5-16(19)14-22-18-11-9-15(10-12-18)13-21-17-6-2-3-7-17;2-1(3)4/h1,4-5,8-12,17,21H,2-3,6-7,13-14H2;2H2,(H,3,4). The fourth-order valence-electron chi connectivity index (χ4n) is 2.87. The van der Waals surface area contributed by atoms with Crippen molar-refractivity contribution in [2.24, 2.45) is 5.73 Å². The van der Waals surface area contributed by atoms with Crippen LogP contribution >= 0.6 is 0 Å². The van der Waals surface area contributed by atoms with Crippen LogP contribution in [-0.2, 0) is 13.2 Å². The van der Waals surface area contributed by atoms with Gasteiger partial charge in [0.2, 0.25) is 0 Å². The maximum atomic E-state index is 13.5. The van der Waals surface area contributed by atoms with Gasteiger partial charge in [0, 0.05) is 18.2 Å². The molecule has 1 saturated carbocycles. The lowest BCUT2D eigenvalue weighted by molar-refractivity contribution is 0.205. The smallest absolute Gasteiger partial charge is 0.402 e. The zero-order chi connectivity index (χ0) is 18.8. The zero-order valence-electron chi connectivity index (χ0n) is 14.7. The molecule has 0 bridgehead atoms. The second-order valence-corrected chi connectivity index (χ2v) is 6.22. The Morgan fingerprint density at radius 3 is 2.38 bits per heavy atom. The van der Waals surface area contributed by atoms with Crippen LogP contribution in [-0.4, -0.2) is 17.2 Å². The summed E-state index contributed by atoms with van der Waals surface area (Å²) >= 11 is 0. The van der Waals surface area contributed by atoms with Crippen LogP contribution in [0.5, 0.6) is 5.75 Å². The van der Waals surface area contributed by atoms with Gasteiger partial charge in [-0.15, -0.1) is 0 Å². The van der Waals surface area contributed by atoms with E-state index in [4.69, 9.17) is 14.6 Å². The van der Waals surface area contributed by atoms with E-state index in [9.17, 15) is 4.39 Å². The van der Waals surface area contributed by atoms with Crippen molar-refractivity contribution in [1.82, 2.24) is 5.32 Å². The molecule has 2 aromatic rings. The average Bonchev–Trinajstić information content (AvgIpc) is 3.13. The molecule has 1 aliphatic carbocycles. The minimum Gasteiger partial charge on any atom is -0.489 e. The van der Waals surface area contributed by atoms with E-state index in [1.165, 1.54) is 37.3 Å². The van der Waals surface area contributed by atoms with Crippen molar-refractivity contribution in [3.8, 4) is 5.75 Å². The Kier molecular flexibility index (Phi) is 7.89. The molecule has 4 N–H and O–H groups in total. The third kappa shape index (κ3) is 7.11. The zero-order valence-corrected chi connectivity index (χ0v) is 14.7. The molecule has 0 saturated heterocycles. The number of primary amides is 1. The highest BCUT2D eigenvalue weighted by atomic mass is 19.1. The Morgan fingerprint density at radius 1 is 1.15 bits per heavy atom. The number of rotatable bonds is 6. The van der Waals surface area contributed by atoms with E-state index < -0.39 is 6.09 Å². The highest BCUT2D eigenvalue weighted by molar-refractivity contribution is 5.61. The van der Waals surface area contributed by atoms with Crippen LogP contribution in [0.2, 0.25) is 0 Å². The first-order valence-corrected chi connectivity index (χ1v) is 8.71. The number of nitrogens with one attached hydrogen (secondary N) is 1. The van der Waals surface area contributed by atoms with E-state index in [1.54, 1.807) is 12.1 Å². The van der Waals surface area contributed by atoms with Crippen molar-refractivity contribution < 1.29 is 19.0 Å². The summed E-state index contributed by atoms with van der Waals surface area (Å²) in [6, 6.07) is 15.4. The number of halogens is 1. The minimum absolute atomic E-state index is 0.222. The van der Waals surface area contributed by atoms with E-state index in [0.29, 0.717) is 11.6 Å². The number of ether oxygens (including phenoxy) is 1. The van der Waals surface area contributed by atoms with Gasteiger partial charge in [-0.3, -0.25) is 0 Å². The number of carboxylic acid groups (broad SMARTS) is 1. The molecule has 0 spiro atoms. The fourth-order valence-corrected chi connectivity index (χ4v) is 2.87. The van der Waals surface area contributed by atoms with Crippen LogP contribution < -0.4 is 15.8 Å². The predicted octanol–water partition coefficient (Wildman–Crippen LogP) is 4.06. The van der Waals surface area contributed by atoms with Gasteiger partial charge in [-0.2, -0.15) is 0 Å². The van der Waals surface area contributed by atoms with Gasteiger partial charge in [-0.1, -0.05) is 43.2 Å². The van der Waals surface area contributed by atoms with E-state index in [2.05, 4.69) is 23.2 Å². The van der Waals surface area contributed by atoms with Gasteiger partial charge in [0.1, 0.15) is 18.2 Å². The largest absolute Gasteiger partial charge is 0.489 e. The number of benzene rings is 2. The molecule has 0 unspecified atom stereocenters. The Morgan fingerprint density at radius 2 is 1.77 bits per heavy atom. The van der Waals surface area contributed by atoms with Gasteiger partial charge in [0.05, 0.1) is 0 Å². The summed E-state index contributed by atoms with van der Waals surface area (Å²) in [7, 11) is 0. The quantitative estimate of drug-likeness (QED) is 0.725. The van der Waals surface area contributed by atoms with Crippen molar-refractivity contribution in [3.05, 3.63) is 65.5 Å². The van der Waals surface area contributed by atoms with Crippen molar-refractivity contribution in [2.75, 3.05) is 0 Å². The van der Waals surface area contributed by atoms with Crippen LogP contribution in [0.25, 0.3) is 0 Å². The molecule has 0 aromatic heterocycles. The SMILES string of the molecule is Fc1ccccc1COc1ccc(CNC2CCCC2)cc1.NC(=O)O. The van der Waals surface area contributed by atoms with Crippen LogP contribution in [0.3, 0.4) is 0 Å². The maximum absolute atomic E-state index is 13.5. The maximum Gasteiger partial charge on any atom is 0.402 e. The number of hydrogen-bond acceptors (Lipinski definition) is 3. The number of nitrogens with two attached hydrogens (primary N) is 1. The summed E-state index contributed by atoms with van der Waals surface area (Å²) in [5, 5.41) is 10.8. The lowest BCUT2D eigenvalue weighted by Crippen LogP contribution is -2.25. The summed E-state index contributed by atoms with van der Waals surface area (Å²) in [6.45, 7) is 1.16. The summed E-state index contributed by atoms with van der Waals surface area (Å²) in [4.78, 5) is 8.78. The third-order valence-corrected chi connectivity index (χ3v) is 4.23. The van der Waals surface area contributed by atoms with Crippen molar-refractivity contribution >= 4 is 6.09 Å². The van der Waals surface area contributed by atoms with Gasteiger partial charge in [0.15, 0.2) is 0 Å². The van der Waals surface area contributed by atoms with Gasteiger partial charge in [-0.05, 0) is 36.6 Å². The molecule has 1 aliphatic rings. The summed E-state index contributed by atoms with van der Waals surface area (Å²) < 4.78 is 19.2. The molecule has 0 radical (unpaired) electrons. The second-order valence-electron chi connectivity index (χ2n) is 6.22. The second kappa shape index (κ2) is 10.4. The predicted molar refractivity (Wildman–Crippen MR) is 98.5 cm³/mol. The Hall–Kier alpha value is -2.60. The summed E-state index contributed by atoms with van der Waals surface area (Å²) in [6.07, 6.45) is 3.95. The van der Waals surface area contributed by atoms with E-state index >= 15 is 0 Å². The molecule has 140 valence electrons. The van der Waals surface area contributed by atoms with Crippen LogP contribution in [0.4, 0.5) is 9.18 Å². The first kappa shape index (κ1) is 19.7. The molecular formula is C20H25FN2O3. The van der Waals surface area contributed by atoms with E-state index in [-0.39, 0.29) is 12.4 Å². The lowest BCUT2D eigenvalue weighted by Gasteiger charge is -2.12. The highest BCUT2D eigenvalue weighted by Crippen LogP contribution is 2.19. The van der Waals surface area contributed by atoms with Crippen LogP contribution in [0.1, 0.15) is 36.8 Å². The first-order valence-electron chi connectivity index (χ1n) is 8.71. The Labute approximate surface area is 153 Å². The molecule has 6 heteroatoms. The van der Waals surface area contributed by atoms with Crippen molar-refractivity contribution in [3.63, 3.8) is 0 Å². The molecule has 0 atom stereocenters. The van der Waals surface area contributed by atoms with Crippen molar-refractivity contribution in [1.29, 1.82) is 0 Å². The molecule has 3 rings (SSSR count). The molecule has 1 amide bonds. The third-order valence-electron chi connectivity index (χ3n) is 4.23. The minimum atomic E-state index is -1.33. The molecule has 0 aliphatic heterocycles. The molecule has 1 fully saturated rings. The van der Waals surface area contributed by atoms with Gasteiger partial charge in [-0.25, -0.2) is 9.18 Å². The number of hydrogen-bond donors (Lipinski definition) is 3. The number of amides is 1. The first-order chi connectivity index (χ1) is 12.5. The van der Waals surface area contributed by atoms with E-state index in [1.807, 2.05) is 18.2 Å². The molecular weight excluding hydrogens is 335 g/mol. The molecule has 5 nitrogen and oxygen atoms in total. The Balaban J connectivity index is 0.000000552.